The molecule has 1 aromatic heterocycles. The Kier molecular flexibility index (Phi) is 7.83. The topological polar surface area (TPSA) is 88.4 Å². The van der Waals surface area contributed by atoms with E-state index in [4.69, 9.17) is 18.9 Å². The first kappa shape index (κ1) is 26.2. The van der Waals surface area contributed by atoms with Gasteiger partial charge in [0.2, 0.25) is 0 Å². The molecule has 2 aromatic carbocycles. The van der Waals surface area contributed by atoms with E-state index in [1.54, 1.807) is 38.7 Å². The van der Waals surface area contributed by atoms with Gasteiger partial charge in [-0.2, -0.15) is 0 Å². The molecule has 0 saturated carbocycles. The first-order chi connectivity index (χ1) is 17.8. The van der Waals surface area contributed by atoms with Crippen molar-refractivity contribution in [3.05, 3.63) is 84.0 Å². The molecule has 1 aliphatic heterocycles. The van der Waals surface area contributed by atoms with Crippen molar-refractivity contribution in [2.45, 2.75) is 33.7 Å². The molecule has 194 valence electrons. The van der Waals surface area contributed by atoms with Crippen molar-refractivity contribution in [1.82, 2.24) is 4.57 Å². The minimum atomic E-state index is -0.800. The van der Waals surface area contributed by atoms with E-state index in [0.717, 1.165) is 16.9 Å². The molecule has 0 saturated heterocycles. The zero-order valence-corrected chi connectivity index (χ0v) is 22.6. The fraction of sp³-hybridized carbons (Fsp3) is 0.321. The van der Waals surface area contributed by atoms with Crippen molar-refractivity contribution in [3.8, 4) is 17.2 Å². The van der Waals surface area contributed by atoms with Gasteiger partial charge in [0.15, 0.2) is 16.3 Å². The second-order valence-corrected chi connectivity index (χ2v) is 9.35. The standard InChI is InChI=1S/C28H30N2O6S/c1-7-35-25-20(10-9-11-21(25)34-6)24-23(27(32)36-8-2)17(4)29-28-30(24)26(31)22(37-28)15-18-12-13-19(33-5)14-16(18)3/h9-15,24H,7-8H2,1-6H3/t24-/m0/s1. The van der Waals surface area contributed by atoms with Crippen molar-refractivity contribution >= 4 is 23.4 Å². The van der Waals surface area contributed by atoms with Gasteiger partial charge in [-0.15, -0.1) is 0 Å². The Morgan fingerprint density at radius 2 is 1.89 bits per heavy atom. The molecule has 0 spiro atoms. The molecule has 9 heteroatoms. The quantitative estimate of drug-likeness (QED) is 0.421. The Balaban J connectivity index is 2.01. The number of aromatic nitrogens is 1. The van der Waals surface area contributed by atoms with Gasteiger partial charge < -0.3 is 18.9 Å². The molecule has 37 heavy (non-hydrogen) atoms. The Bertz CT molecular complexity index is 1550. The molecule has 0 fully saturated rings. The fourth-order valence-electron chi connectivity index (χ4n) is 4.37. The van der Waals surface area contributed by atoms with Crippen molar-refractivity contribution in [2.24, 2.45) is 4.99 Å². The maximum atomic E-state index is 13.9. The monoisotopic (exact) mass is 522 g/mol. The number of hydrogen-bond acceptors (Lipinski definition) is 8. The average molecular weight is 523 g/mol. The van der Waals surface area contributed by atoms with E-state index < -0.39 is 12.0 Å². The van der Waals surface area contributed by atoms with Crippen LogP contribution in [-0.4, -0.2) is 38.0 Å². The van der Waals surface area contributed by atoms with E-state index >= 15 is 0 Å². The van der Waals surface area contributed by atoms with Crippen LogP contribution in [0.25, 0.3) is 6.08 Å². The minimum absolute atomic E-state index is 0.194. The van der Waals surface area contributed by atoms with Crippen molar-refractivity contribution in [3.63, 3.8) is 0 Å². The third-order valence-corrected chi connectivity index (χ3v) is 7.08. The molecule has 0 unspecified atom stereocenters. The van der Waals surface area contributed by atoms with E-state index in [1.165, 1.54) is 11.3 Å². The van der Waals surface area contributed by atoms with Gasteiger partial charge in [-0.3, -0.25) is 9.36 Å². The van der Waals surface area contributed by atoms with E-state index in [9.17, 15) is 9.59 Å². The predicted octanol–water partition coefficient (Wildman–Crippen LogP) is 3.52. The van der Waals surface area contributed by atoms with Crippen molar-refractivity contribution < 1.29 is 23.7 Å². The number of thiazole rings is 1. The molecule has 0 aliphatic carbocycles. The maximum absolute atomic E-state index is 13.9. The van der Waals surface area contributed by atoms with E-state index in [2.05, 4.69) is 4.99 Å². The van der Waals surface area contributed by atoms with Gasteiger partial charge in [-0.1, -0.05) is 29.5 Å². The average Bonchev–Trinajstić information content (AvgIpc) is 3.19. The lowest BCUT2D eigenvalue weighted by Gasteiger charge is -2.26. The third-order valence-electron chi connectivity index (χ3n) is 6.09. The molecular weight excluding hydrogens is 492 g/mol. The normalized spacial score (nSPS) is 15.2. The zero-order chi connectivity index (χ0) is 26.7. The number of methoxy groups -OCH3 is 2. The van der Waals surface area contributed by atoms with Crippen LogP contribution >= 0.6 is 11.3 Å². The predicted molar refractivity (Wildman–Crippen MR) is 142 cm³/mol. The summed E-state index contributed by atoms with van der Waals surface area (Å²) in [5.74, 6) is 1.19. The molecule has 1 aliphatic rings. The summed E-state index contributed by atoms with van der Waals surface area (Å²) in [5, 5.41) is 0. The highest BCUT2D eigenvalue weighted by Gasteiger charge is 2.35. The van der Waals surface area contributed by atoms with Gasteiger partial charge in [-0.25, -0.2) is 9.79 Å². The summed E-state index contributed by atoms with van der Waals surface area (Å²) < 4.78 is 24.3. The number of carbonyl (C=O) groups excluding carboxylic acids is 1. The minimum Gasteiger partial charge on any atom is -0.497 e. The number of rotatable bonds is 8. The van der Waals surface area contributed by atoms with Crippen molar-refractivity contribution in [2.75, 3.05) is 27.4 Å². The molecule has 2 heterocycles. The summed E-state index contributed by atoms with van der Waals surface area (Å²) >= 11 is 1.27. The van der Waals surface area contributed by atoms with Gasteiger partial charge >= 0.3 is 5.97 Å². The number of para-hydroxylation sites is 1. The Hall–Kier alpha value is -3.85. The van der Waals surface area contributed by atoms with Crippen LogP contribution in [0.5, 0.6) is 17.2 Å². The summed E-state index contributed by atoms with van der Waals surface area (Å²) in [7, 11) is 3.17. The van der Waals surface area contributed by atoms with Gasteiger partial charge in [0.05, 0.1) is 43.2 Å². The number of aryl methyl sites for hydroxylation is 1. The van der Waals surface area contributed by atoms with Crippen LogP contribution in [0.4, 0.5) is 0 Å². The molecular formula is C28H30N2O6S. The van der Waals surface area contributed by atoms with E-state index in [0.29, 0.717) is 38.7 Å². The molecule has 4 rings (SSSR count). The summed E-state index contributed by atoms with van der Waals surface area (Å²) in [6.07, 6.45) is 1.84. The zero-order valence-electron chi connectivity index (χ0n) is 21.8. The maximum Gasteiger partial charge on any atom is 0.338 e. The molecule has 0 N–H and O–H groups in total. The first-order valence-corrected chi connectivity index (χ1v) is 12.8. The smallest absolute Gasteiger partial charge is 0.338 e. The Morgan fingerprint density at radius 1 is 1.11 bits per heavy atom. The molecule has 0 amide bonds. The van der Waals surface area contributed by atoms with Crippen LogP contribution in [0, 0.1) is 6.92 Å². The van der Waals surface area contributed by atoms with Crippen LogP contribution in [0.15, 0.2) is 57.5 Å². The molecule has 8 nitrogen and oxygen atoms in total. The highest BCUT2D eigenvalue weighted by Crippen LogP contribution is 2.40. The number of carbonyl (C=O) groups is 1. The number of allylic oxidation sites excluding steroid dienone is 1. The Morgan fingerprint density at radius 3 is 2.54 bits per heavy atom. The second kappa shape index (κ2) is 11.0. The van der Waals surface area contributed by atoms with Gasteiger partial charge in [0.1, 0.15) is 11.8 Å². The first-order valence-electron chi connectivity index (χ1n) is 12.0. The van der Waals surface area contributed by atoms with E-state index in [1.807, 2.05) is 50.3 Å². The van der Waals surface area contributed by atoms with E-state index in [-0.39, 0.29) is 17.7 Å². The lowest BCUT2D eigenvalue weighted by molar-refractivity contribution is -0.139. The molecule has 0 radical (unpaired) electrons. The summed E-state index contributed by atoms with van der Waals surface area (Å²) in [5.41, 5.74) is 2.99. The summed E-state index contributed by atoms with van der Waals surface area (Å²) in [4.78, 5) is 32.2. The van der Waals surface area contributed by atoms with Crippen molar-refractivity contribution in [1.29, 1.82) is 0 Å². The summed E-state index contributed by atoms with van der Waals surface area (Å²) in [6, 6.07) is 10.3. The molecule has 1 atom stereocenters. The van der Waals surface area contributed by atoms with Crippen LogP contribution in [0.1, 0.15) is 43.5 Å². The highest BCUT2D eigenvalue weighted by atomic mass is 32.1. The Labute approximate surface area is 219 Å². The largest absolute Gasteiger partial charge is 0.497 e. The number of nitrogens with zero attached hydrogens (tertiary/aromatic N) is 2. The SMILES string of the molecule is CCOC(=O)C1=C(C)N=c2sc(=Cc3ccc(OC)cc3C)c(=O)n2[C@H]1c1cccc(OC)c1OCC. The van der Waals surface area contributed by atoms with Crippen LogP contribution in [-0.2, 0) is 9.53 Å². The lowest BCUT2D eigenvalue weighted by Crippen LogP contribution is -2.40. The molecule has 3 aromatic rings. The van der Waals surface area contributed by atoms with Gasteiger partial charge in [0, 0.05) is 5.56 Å². The number of hydrogen-bond donors (Lipinski definition) is 0. The molecule has 0 bridgehead atoms. The lowest BCUT2D eigenvalue weighted by atomic mass is 9.94. The third kappa shape index (κ3) is 4.91. The highest BCUT2D eigenvalue weighted by molar-refractivity contribution is 7.07. The summed E-state index contributed by atoms with van der Waals surface area (Å²) in [6.45, 7) is 7.90. The fourth-order valence-corrected chi connectivity index (χ4v) is 5.41. The number of benzene rings is 2. The van der Waals surface area contributed by atoms with Crippen LogP contribution in [0.3, 0.4) is 0 Å². The van der Waals surface area contributed by atoms with Gasteiger partial charge in [0.25, 0.3) is 5.56 Å². The number of esters is 1. The van der Waals surface area contributed by atoms with Crippen LogP contribution in [0.2, 0.25) is 0 Å². The number of fused-ring (bicyclic) bond motifs is 1. The second-order valence-electron chi connectivity index (χ2n) is 8.34. The van der Waals surface area contributed by atoms with Crippen LogP contribution < -0.4 is 29.1 Å². The number of ether oxygens (including phenoxy) is 4. The van der Waals surface area contributed by atoms with Gasteiger partial charge in [-0.05, 0) is 63.1 Å².